The van der Waals surface area contributed by atoms with Crippen LogP contribution in [0.25, 0.3) is 0 Å². The highest BCUT2D eigenvalue weighted by Gasteiger charge is 2.25. The molecule has 0 spiro atoms. The molecule has 27 heavy (non-hydrogen) atoms. The number of amides is 1. The summed E-state index contributed by atoms with van der Waals surface area (Å²) in [5, 5.41) is 3.80. The van der Waals surface area contributed by atoms with Crippen LogP contribution in [0.5, 0.6) is 5.75 Å². The number of aryl methyl sites for hydroxylation is 1. The number of hydrogen-bond acceptors (Lipinski definition) is 3. The summed E-state index contributed by atoms with van der Waals surface area (Å²) in [4.78, 5) is 14.8. The Bertz CT molecular complexity index is 748. The smallest absolute Gasteiger partial charge is 0.224 e. The molecule has 2 aromatic rings. The van der Waals surface area contributed by atoms with Crippen LogP contribution in [0.15, 0.2) is 48.5 Å². The summed E-state index contributed by atoms with van der Waals surface area (Å²) in [6, 6.07) is 15.8. The van der Waals surface area contributed by atoms with Gasteiger partial charge in [-0.2, -0.15) is 0 Å². The summed E-state index contributed by atoms with van der Waals surface area (Å²) in [6.45, 7) is 5.61. The van der Waals surface area contributed by atoms with E-state index in [0.717, 1.165) is 48.8 Å². The molecule has 2 aromatic carbocycles. The van der Waals surface area contributed by atoms with Crippen molar-refractivity contribution in [1.29, 1.82) is 0 Å². The molecule has 0 unspecified atom stereocenters. The Labute approximate surface area is 166 Å². The van der Waals surface area contributed by atoms with Crippen LogP contribution in [-0.2, 0) is 11.3 Å². The zero-order valence-corrected chi connectivity index (χ0v) is 16.5. The van der Waals surface area contributed by atoms with Crippen LogP contribution in [-0.4, -0.2) is 37.0 Å². The first kappa shape index (κ1) is 19.7. The van der Waals surface area contributed by atoms with E-state index in [1.165, 1.54) is 5.56 Å². The number of carbonyl (C=O) groups is 1. The lowest BCUT2D eigenvalue weighted by molar-refractivity contribution is -0.126. The lowest BCUT2D eigenvalue weighted by Crippen LogP contribution is -2.43. The van der Waals surface area contributed by atoms with Gasteiger partial charge in [-0.05, 0) is 50.1 Å². The second-order valence-corrected chi connectivity index (χ2v) is 7.53. The van der Waals surface area contributed by atoms with Crippen LogP contribution in [0.4, 0.5) is 0 Å². The highest BCUT2D eigenvalue weighted by molar-refractivity contribution is 6.31. The normalized spacial score (nSPS) is 17.5. The first-order chi connectivity index (χ1) is 13.1. The van der Waals surface area contributed by atoms with Crippen molar-refractivity contribution in [3.63, 3.8) is 0 Å². The zero-order chi connectivity index (χ0) is 19.1. The van der Waals surface area contributed by atoms with Crippen LogP contribution in [0.1, 0.15) is 24.0 Å². The molecule has 1 saturated heterocycles. The number of halogens is 1. The second-order valence-electron chi connectivity index (χ2n) is 7.12. The van der Waals surface area contributed by atoms with Gasteiger partial charge in [0.15, 0.2) is 0 Å². The third-order valence-electron chi connectivity index (χ3n) is 4.92. The fraction of sp³-hybridized carbons (Fsp3) is 0.409. The van der Waals surface area contributed by atoms with Crippen LogP contribution in [0, 0.1) is 12.8 Å². The van der Waals surface area contributed by atoms with E-state index >= 15 is 0 Å². The summed E-state index contributed by atoms with van der Waals surface area (Å²) in [6.07, 6.45) is 1.96. The number of nitrogens with zero attached hydrogens (tertiary/aromatic N) is 1. The Morgan fingerprint density at radius 1 is 1.22 bits per heavy atom. The molecule has 1 heterocycles. The van der Waals surface area contributed by atoms with E-state index in [9.17, 15) is 4.79 Å². The average Bonchev–Trinajstić information content (AvgIpc) is 2.68. The fourth-order valence-corrected chi connectivity index (χ4v) is 3.60. The van der Waals surface area contributed by atoms with E-state index in [2.05, 4.69) is 16.3 Å². The van der Waals surface area contributed by atoms with E-state index in [1.807, 2.05) is 49.4 Å². The number of carbonyl (C=O) groups excluding carboxylic acids is 1. The number of benzene rings is 2. The lowest BCUT2D eigenvalue weighted by Gasteiger charge is -2.32. The largest absolute Gasteiger partial charge is 0.492 e. The summed E-state index contributed by atoms with van der Waals surface area (Å²) in [5.74, 6) is 0.977. The number of likely N-dealkylation sites (tertiary alicyclic amines) is 1. The van der Waals surface area contributed by atoms with E-state index in [4.69, 9.17) is 16.3 Å². The minimum Gasteiger partial charge on any atom is -0.492 e. The molecule has 5 heteroatoms. The van der Waals surface area contributed by atoms with Crippen molar-refractivity contribution in [2.75, 3.05) is 26.2 Å². The monoisotopic (exact) mass is 386 g/mol. The molecule has 0 radical (unpaired) electrons. The van der Waals surface area contributed by atoms with Crippen molar-refractivity contribution in [2.45, 2.75) is 26.3 Å². The van der Waals surface area contributed by atoms with Gasteiger partial charge < -0.3 is 10.1 Å². The van der Waals surface area contributed by atoms with E-state index in [-0.39, 0.29) is 11.8 Å². The van der Waals surface area contributed by atoms with Crippen molar-refractivity contribution in [3.8, 4) is 5.75 Å². The van der Waals surface area contributed by atoms with Gasteiger partial charge in [-0.15, -0.1) is 0 Å². The van der Waals surface area contributed by atoms with Crippen molar-refractivity contribution in [2.24, 2.45) is 5.92 Å². The molecule has 144 valence electrons. The molecule has 1 N–H and O–H groups in total. The van der Waals surface area contributed by atoms with Crippen LogP contribution in [0.2, 0.25) is 5.02 Å². The summed E-state index contributed by atoms with van der Waals surface area (Å²) < 4.78 is 5.67. The van der Waals surface area contributed by atoms with Crippen LogP contribution >= 0.6 is 11.6 Å². The molecular formula is C22H27ClN2O2. The quantitative estimate of drug-likeness (QED) is 0.730. The molecule has 1 atom stereocenters. The topological polar surface area (TPSA) is 41.6 Å². The van der Waals surface area contributed by atoms with Gasteiger partial charge in [-0.3, -0.25) is 9.69 Å². The molecule has 0 aliphatic carbocycles. The molecular weight excluding hydrogens is 360 g/mol. The Balaban J connectivity index is 1.41. The predicted molar refractivity (Wildman–Crippen MR) is 109 cm³/mol. The average molecular weight is 387 g/mol. The van der Waals surface area contributed by atoms with E-state index in [1.54, 1.807) is 0 Å². The van der Waals surface area contributed by atoms with Crippen molar-refractivity contribution in [3.05, 3.63) is 64.7 Å². The number of ether oxygens (including phenoxy) is 1. The van der Waals surface area contributed by atoms with Gasteiger partial charge in [0.2, 0.25) is 5.91 Å². The molecule has 0 aromatic heterocycles. The molecule has 1 aliphatic heterocycles. The Morgan fingerprint density at radius 2 is 2.00 bits per heavy atom. The van der Waals surface area contributed by atoms with Gasteiger partial charge in [-0.25, -0.2) is 0 Å². The van der Waals surface area contributed by atoms with Crippen molar-refractivity contribution in [1.82, 2.24) is 10.2 Å². The first-order valence-corrected chi connectivity index (χ1v) is 9.92. The lowest BCUT2D eigenvalue weighted by atomic mass is 9.96. The minimum atomic E-state index is 0.0283. The Kier molecular flexibility index (Phi) is 7.13. The van der Waals surface area contributed by atoms with Gasteiger partial charge in [0.25, 0.3) is 0 Å². The third-order valence-corrected chi connectivity index (χ3v) is 5.29. The summed E-state index contributed by atoms with van der Waals surface area (Å²) in [5.41, 5.74) is 2.32. The van der Waals surface area contributed by atoms with E-state index < -0.39 is 0 Å². The van der Waals surface area contributed by atoms with Gasteiger partial charge in [-0.1, -0.05) is 47.5 Å². The highest BCUT2D eigenvalue weighted by atomic mass is 35.5. The highest BCUT2D eigenvalue weighted by Crippen LogP contribution is 2.22. The molecule has 4 nitrogen and oxygen atoms in total. The molecule has 3 rings (SSSR count). The maximum absolute atomic E-state index is 12.5. The summed E-state index contributed by atoms with van der Waals surface area (Å²) >= 11 is 6.27. The maximum Gasteiger partial charge on any atom is 0.224 e. The fourth-order valence-electron chi connectivity index (χ4n) is 3.40. The molecule has 1 fully saturated rings. The van der Waals surface area contributed by atoms with E-state index in [0.29, 0.717) is 13.2 Å². The number of hydrogen-bond donors (Lipinski definition) is 1. The van der Waals surface area contributed by atoms with Gasteiger partial charge in [0, 0.05) is 18.1 Å². The number of rotatable bonds is 7. The summed E-state index contributed by atoms with van der Waals surface area (Å²) in [7, 11) is 0. The van der Waals surface area contributed by atoms with Crippen molar-refractivity contribution < 1.29 is 9.53 Å². The number of nitrogens with one attached hydrogen (secondary N) is 1. The molecule has 0 saturated carbocycles. The Hall–Kier alpha value is -2.04. The first-order valence-electron chi connectivity index (χ1n) is 9.55. The molecule has 1 aliphatic rings. The van der Waals surface area contributed by atoms with Gasteiger partial charge >= 0.3 is 0 Å². The van der Waals surface area contributed by atoms with Gasteiger partial charge in [0.05, 0.1) is 12.5 Å². The van der Waals surface area contributed by atoms with Gasteiger partial charge in [0.1, 0.15) is 12.4 Å². The predicted octanol–water partition coefficient (Wildman–Crippen LogP) is 4.06. The molecule has 0 bridgehead atoms. The SMILES string of the molecule is Cc1ccc(OCCNC(=O)[C@H]2CCCN(Cc3ccccc3Cl)C2)cc1. The third kappa shape index (κ3) is 5.98. The van der Waals surface area contributed by atoms with Crippen LogP contribution in [0.3, 0.4) is 0 Å². The van der Waals surface area contributed by atoms with Crippen molar-refractivity contribution >= 4 is 17.5 Å². The minimum absolute atomic E-state index is 0.0283. The second kappa shape index (κ2) is 9.77. The Morgan fingerprint density at radius 3 is 2.78 bits per heavy atom. The standard InChI is InChI=1S/C22H27ClN2O2/c1-17-8-10-20(11-9-17)27-14-12-24-22(26)19-6-4-13-25(16-19)15-18-5-2-3-7-21(18)23/h2-3,5,7-11,19H,4,6,12-16H2,1H3,(H,24,26)/t19-/m0/s1. The maximum atomic E-state index is 12.5. The number of piperidine rings is 1. The van der Waals surface area contributed by atoms with Crippen LogP contribution < -0.4 is 10.1 Å². The zero-order valence-electron chi connectivity index (χ0n) is 15.8. The molecule has 1 amide bonds.